The molecule has 0 radical (unpaired) electrons. The number of hydrogen-bond acceptors (Lipinski definition) is 6. The Morgan fingerprint density at radius 1 is 1.03 bits per heavy atom. The lowest BCUT2D eigenvalue weighted by Crippen LogP contribution is -2.31. The molecule has 39 heavy (non-hydrogen) atoms. The second-order valence-corrected chi connectivity index (χ2v) is 12.6. The van der Waals surface area contributed by atoms with Crippen LogP contribution in [-0.2, 0) is 16.6 Å². The molecule has 2 heterocycles. The average Bonchev–Trinajstić information content (AvgIpc) is 3.30. The standard InChI is InChI=1S/C29H35FN6O2S/c1-34(2)26-12-7-21(8-13-26)20-5-10-25(11-6-20)32-29-31-18-22-15-16-36(28(22)33-29)19-23-17-24(30)9-14-27(23)35(3)39(4,37)38/h5-6,9-11,14-18,21,26H,7-8,12-13,19H2,1-4H3,(H,31,32,33). The third kappa shape index (κ3) is 6.07. The average molecular weight is 551 g/mol. The molecule has 0 bridgehead atoms. The minimum atomic E-state index is -3.51. The van der Waals surface area contributed by atoms with Crippen molar-refractivity contribution >= 4 is 38.4 Å². The minimum Gasteiger partial charge on any atom is -0.328 e. The van der Waals surface area contributed by atoms with Gasteiger partial charge in [0.25, 0.3) is 0 Å². The van der Waals surface area contributed by atoms with Crippen molar-refractivity contribution in [3.63, 3.8) is 0 Å². The van der Waals surface area contributed by atoms with Crippen LogP contribution in [0.3, 0.4) is 0 Å². The molecule has 1 fully saturated rings. The highest BCUT2D eigenvalue weighted by atomic mass is 32.2. The van der Waals surface area contributed by atoms with Gasteiger partial charge in [-0.2, -0.15) is 4.98 Å². The molecular weight excluding hydrogens is 515 g/mol. The SMILES string of the molecule is CN(C)C1CCC(c2ccc(Nc3ncc4ccn(Cc5cc(F)ccc5N(C)S(C)(=O)=O)c4n3)cc2)CC1. The van der Waals surface area contributed by atoms with E-state index < -0.39 is 15.8 Å². The van der Waals surface area contributed by atoms with Crippen LogP contribution >= 0.6 is 0 Å². The van der Waals surface area contributed by atoms with E-state index in [0.29, 0.717) is 34.8 Å². The highest BCUT2D eigenvalue weighted by molar-refractivity contribution is 7.92. The number of benzene rings is 2. The number of nitrogens with zero attached hydrogens (tertiary/aromatic N) is 5. The van der Waals surface area contributed by atoms with Gasteiger partial charge in [-0.05, 0) is 93.2 Å². The molecule has 0 saturated heterocycles. The van der Waals surface area contributed by atoms with Crippen molar-refractivity contribution in [2.45, 2.75) is 44.2 Å². The number of sulfonamides is 1. The normalized spacial score (nSPS) is 18.0. The second kappa shape index (κ2) is 10.9. The van der Waals surface area contributed by atoms with Crippen LogP contribution < -0.4 is 9.62 Å². The summed E-state index contributed by atoms with van der Waals surface area (Å²) in [4.78, 5) is 11.5. The van der Waals surface area contributed by atoms with Gasteiger partial charge < -0.3 is 14.8 Å². The Labute approximate surface area is 229 Å². The quantitative estimate of drug-likeness (QED) is 0.319. The van der Waals surface area contributed by atoms with Crippen molar-refractivity contribution < 1.29 is 12.8 Å². The summed E-state index contributed by atoms with van der Waals surface area (Å²) in [5.74, 6) is 0.619. The molecule has 8 nitrogen and oxygen atoms in total. The largest absolute Gasteiger partial charge is 0.328 e. The highest BCUT2D eigenvalue weighted by Crippen LogP contribution is 2.35. The first kappa shape index (κ1) is 27.1. The predicted molar refractivity (Wildman–Crippen MR) is 155 cm³/mol. The maximum absolute atomic E-state index is 14.1. The number of rotatable bonds is 8. The summed E-state index contributed by atoms with van der Waals surface area (Å²) in [6.45, 7) is 0.248. The molecule has 206 valence electrons. The number of anilines is 3. The summed E-state index contributed by atoms with van der Waals surface area (Å²) < 4.78 is 41.5. The Morgan fingerprint density at radius 3 is 2.41 bits per heavy atom. The number of aromatic nitrogens is 3. The fourth-order valence-electron chi connectivity index (χ4n) is 5.40. The van der Waals surface area contributed by atoms with Gasteiger partial charge in [-0.3, -0.25) is 4.31 Å². The smallest absolute Gasteiger partial charge is 0.232 e. The Kier molecular flexibility index (Phi) is 7.59. The number of halogens is 1. The van der Waals surface area contributed by atoms with E-state index in [1.165, 1.54) is 56.5 Å². The summed E-state index contributed by atoms with van der Waals surface area (Å²) >= 11 is 0. The monoisotopic (exact) mass is 550 g/mol. The fourth-order valence-corrected chi connectivity index (χ4v) is 5.94. The maximum atomic E-state index is 14.1. The van der Waals surface area contributed by atoms with E-state index in [9.17, 15) is 12.8 Å². The molecule has 0 aliphatic heterocycles. The number of hydrogen-bond donors (Lipinski definition) is 1. The Balaban J connectivity index is 1.33. The molecule has 5 rings (SSSR count). The van der Waals surface area contributed by atoms with Crippen LogP contribution in [0.2, 0.25) is 0 Å². The lowest BCUT2D eigenvalue weighted by atomic mass is 9.81. The fraction of sp³-hybridized carbons (Fsp3) is 0.379. The van der Waals surface area contributed by atoms with Crippen molar-refractivity contribution in [3.8, 4) is 0 Å². The lowest BCUT2D eigenvalue weighted by Gasteiger charge is -2.32. The van der Waals surface area contributed by atoms with Crippen molar-refractivity contribution in [3.05, 3.63) is 77.9 Å². The van der Waals surface area contributed by atoms with Crippen molar-refractivity contribution in [1.82, 2.24) is 19.4 Å². The summed E-state index contributed by atoms with van der Waals surface area (Å²) in [5.41, 5.74) is 3.89. The van der Waals surface area contributed by atoms with Crippen molar-refractivity contribution in [1.29, 1.82) is 0 Å². The van der Waals surface area contributed by atoms with Crippen LogP contribution in [0.1, 0.15) is 42.7 Å². The van der Waals surface area contributed by atoms with Crippen LogP contribution in [0, 0.1) is 5.82 Å². The van der Waals surface area contributed by atoms with Gasteiger partial charge in [0, 0.05) is 36.6 Å². The molecule has 1 saturated carbocycles. The van der Waals surface area contributed by atoms with Gasteiger partial charge in [-0.15, -0.1) is 0 Å². The zero-order valence-corrected chi connectivity index (χ0v) is 23.6. The predicted octanol–water partition coefficient (Wildman–Crippen LogP) is 5.35. The Hall–Kier alpha value is -3.50. The van der Waals surface area contributed by atoms with E-state index in [4.69, 9.17) is 4.98 Å². The van der Waals surface area contributed by atoms with E-state index in [1.807, 2.05) is 16.8 Å². The summed E-state index contributed by atoms with van der Waals surface area (Å²) in [6, 6.07) is 15.2. The van der Waals surface area contributed by atoms with Gasteiger partial charge in [0.1, 0.15) is 11.5 Å². The first-order chi connectivity index (χ1) is 18.6. The molecule has 4 aromatic rings. The molecule has 0 amide bonds. The number of nitrogens with one attached hydrogen (secondary N) is 1. The van der Waals surface area contributed by atoms with Crippen LogP contribution in [0.5, 0.6) is 0 Å². The van der Waals surface area contributed by atoms with E-state index in [2.05, 4.69) is 53.6 Å². The molecule has 0 spiro atoms. The van der Waals surface area contributed by atoms with E-state index in [1.54, 1.807) is 6.20 Å². The van der Waals surface area contributed by atoms with E-state index >= 15 is 0 Å². The van der Waals surface area contributed by atoms with Gasteiger partial charge in [0.2, 0.25) is 16.0 Å². The Bertz CT molecular complexity index is 1560. The van der Waals surface area contributed by atoms with Gasteiger partial charge in [0.05, 0.1) is 18.5 Å². The van der Waals surface area contributed by atoms with Crippen molar-refractivity contribution in [2.24, 2.45) is 0 Å². The third-order valence-electron chi connectivity index (χ3n) is 7.79. The molecule has 1 aliphatic rings. The molecule has 0 atom stereocenters. The van der Waals surface area contributed by atoms with Gasteiger partial charge in [-0.25, -0.2) is 17.8 Å². The zero-order chi connectivity index (χ0) is 27.7. The maximum Gasteiger partial charge on any atom is 0.232 e. The second-order valence-electron chi connectivity index (χ2n) is 10.6. The van der Waals surface area contributed by atoms with Crippen LogP contribution in [0.25, 0.3) is 11.0 Å². The van der Waals surface area contributed by atoms with Crippen LogP contribution in [0.15, 0.2) is 60.9 Å². The molecule has 1 N–H and O–H groups in total. The van der Waals surface area contributed by atoms with Gasteiger partial charge in [-0.1, -0.05) is 12.1 Å². The van der Waals surface area contributed by atoms with Gasteiger partial charge in [0.15, 0.2) is 0 Å². The first-order valence-corrected chi connectivity index (χ1v) is 15.0. The molecule has 2 aromatic carbocycles. The summed E-state index contributed by atoms with van der Waals surface area (Å²) in [5, 5.41) is 4.13. The molecular formula is C29H35FN6O2S. The summed E-state index contributed by atoms with van der Waals surface area (Å²) in [6.07, 6.45) is 9.59. The molecule has 10 heteroatoms. The van der Waals surface area contributed by atoms with E-state index in [-0.39, 0.29) is 6.54 Å². The Morgan fingerprint density at radius 2 is 1.74 bits per heavy atom. The molecule has 0 unspecified atom stereocenters. The zero-order valence-electron chi connectivity index (χ0n) is 22.8. The first-order valence-electron chi connectivity index (χ1n) is 13.2. The highest BCUT2D eigenvalue weighted by Gasteiger charge is 2.23. The molecule has 2 aromatic heterocycles. The third-order valence-corrected chi connectivity index (χ3v) is 8.98. The van der Waals surface area contributed by atoms with E-state index in [0.717, 1.165) is 21.6 Å². The summed E-state index contributed by atoms with van der Waals surface area (Å²) in [7, 11) is 2.29. The number of fused-ring (bicyclic) bond motifs is 1. The van der Waals surface area contributed by atoms with Crippen molar-refractivity contribution in [2.75, 3.05) is 37.0 Å². The minimum absolute atomic E-state index is 0.248. The molecule has 1 aliphatic carbocycles. The lowest BCUT2D eigenvalue weighted by molar-refractivity contribution is 0.216. The van der Waals surface area contributed by atoms with Crippen LogP contribution in [0.4, 0.5) is 21.7 Å². The van der Waals surface area contributed by atoms with Gasteiger partial charge >= 0.3 is 0 Å². The van der Waals surface area contributed by atoms with Crippen LogP contribution in [-0.4, -0.2) is 61.3 Å². The topological polar surface area (TPSA) is 83.4 Å².